The number of phenols is 1. The van der Waals surface area contributed by atoms with Crippen LogP contribution in [0, 0.1) is 0 Å². The minimum absolute atomic E-state index is 0.0492. The standard InChI is InChI=1S/C12H14BrN3O3/c1-16-9(14)5-7(15-16)10-6(13)4-8(18-2)12(19-3)11(10)17/h4-5,17H,14H2,1-3H3. The number of hydrogen-bond acceptors (Lipinski definition) is 5. The number of ether oxygens (including phenoxy) is 2. The average molecular weight is 328 g/mol. The van der Waals surface area contributed by atoms with Crippen molar-refractivity contribution < 1.29 is 14.6 Å². The highest BCUT2D eigenvalue weighted by atomic mass is 79.9. The molecular formula is C12H14BrN3O3. The van der Waals surface area contributed by atoms with Gasteiger partial charge >= 0.3 is 0 Å². The van der Waals surface area contributed by atoms with Crippen molar-refractivity contribution in [1.29, 1.82) is 0 Å². The van der Waals surface area contributed by atoms with Crippen molar-refractivity contribution in [3.05, 3.63) is 16.6 Å². The molecule has 0 aliphatic heterocycles. The summed E-state index contributed by atoms with van der Waals surface area (Å²) in [4.78, 5) is 0. The Kier molecular flexibility index (Phi) is 3.57. The van der Waals surface area contributed by atoms with Crippen molar-refractivity contribution in [2.24, 2.45) is 7.05 Å². The van der Waals surface area contributed by atoms with E-state index in [1.807, 2.05) is 0 Å². The molecule has 2 rings (SSSR count). The van der Waals surface area contributed by atoms with Crippen LogP contribution in [-0.2, 0) is 7.05 Å². The number of aromatic hydroxyl groups is 1. The monoisotopic (exact) mass is 327 g/mol. The van der Waals surface area contributed by atoms with Crippen molar-refractivity contribution >= 4 is 21.7 Å². The van der Waals surface area contributed by atoms with Crippen molar-refractivity contribution in [3.8, 4) is 28.5 Å². The van der Waals surface area contributed by atoms with Gasteiger partial charge in [0.2, 0.25) is 5.75 Å². The number of hydrogen-bond donors (Lipinski definition) is 2. The average Bonchev–Trinajstić information content (AvgIpc) is 2.68. The van der Waals surface area contributed by atoms with Crippen LogP contribution < -0.4 is 15.2 Å². The van der Waals surface area contributed by atoms with E-state index in [0.29, 0.717) is 27.3 Å². The molecule has 19 heavy (non-hydrogen) atoms. The number of nitrogens with two attached hydrogens (primary N) is 1. The van der Waals surface area contributed by atoms with Gasteiger partial charge in [-0.2, -0.15) is 5.10 Å². The van der Waals surface area contributed by atoms with Gasteiger partial charge in [0.05, 0.1) is 25.5 Å². The molecule has 1 heterocycles. The van der Waals surface area contributed by atoms with Gasteiger partial charge in [0.1, 0.15) is 5.82 Å². The van der Waals surface area contributed by atoms with Gasteiger partial charge in [0, 0.05) is 17.6 Å². The highest BCUT2D eigenvalue weighted by Crippen LogP contribution is 2.47. The van der Waals surface area contributed by atoms with Gasteiger partial charge < -0.3 is 20.3 Å². The van der Waals surface area contributed by atoms with Gasteiger partial charge in [-0.1, -0.05) is 0 Å². The van der Waals surface area contributed by atoms with Crippen LogP contribution in [0.25, 0.3) is 11.3 Å². The van der Waals surface area contributed by atoms with Gasteiger partial charge in [-0.25, -0.2) is 0 Å². The number of rotatable bonds is 3. The molecule has 0 amide bonds. The summed E-state index contributed by atoms with van der Waals surface area (Å²) in [6.45, 7) is 0. The zero-order valence-corrected chi connectivity index (χ0v) is 12.4. The third kappa shape index (κ3) is 2.21. The van der Waals surface area contributed by atoms with E-state index in [1.54, 1.807) is 19.2 Å². The third-order valence-electron chi connectivity index (χ3n) is 2.77. The number of aromatic nitrogens is 2. The summed E-state index contributed by atoms with van der Waals surface area (Å²) in [5, 5.41) is 14.5. The molecule has 0 atom stereocenters. The number of benzene rings is 1. The second-order valence-corrected chi connectivity index (χ2v) is 4.75. The molecule has 102 valence electrons. The molecule has 0 bridgehead atoms. The highest BCUT2D eigenvalue weighted by molar-refractivity contribution is 9.10. The number of nitrogens with zero attached hydrogens (tertiary/aromatic N) is 2. The zero-order valence-electron chi connectivity index (χ0n) is 10.8. The van der Waals surface area contributed by atoms with Gasteiger partial charge in [-0.3, -0.25) is 4.68 Å². The van der Waals surface area contributed by atoms with E-state index in [9.17, 15) is 5.11 Å². The molecule has 6 nitrogen and oxygen atoms in total. The maximum atomic E-state index is 10.3. The molecule has 1 aromatic carbocycles. The number of halogens is 1. The molecule has 0 radical (unpaired) electrons. The van der Waals surface area contributed by atoms with Gasteiger partial charge in [0.25, 0.3) is 0 Å². The second kappa shape index (κ2) is 5.00. The second-order valence-electron chi connectivity index (χ2n) is 3.90. The molecule has 0 fully saturated rings. The molecule has 0 saturated carbocycles. The molecule has 0 unspecified atom stereocenters. The summed E-state index contributed by atoms with van der Waals surface area (Å²) in [7, 11) is 4.69. The summed E-state index contributed by atoms with van der Waals surface area (Å²) < 4.78 is 12.5. The first kappa shape index (κ1) is 13.5. The normalized spacial score (nSPS) is 10.5. The van der Waals surface area contributed by atoms with Crippen LogP contribution in [-0.4, -0.2) is 29.1 Å². The predicted molar refractivity (Wildman–Crippen MR) is 75.5 cm³/mol. The SMILES string of the molecule is COc1cc(Br)c(-c2cc(N)n(C)n2)c(O)c1OC. The Bertz CT molecular complexity index is 606. The van der Waals surface area contributed by atoms with Crippen molar-refractivity contribution in [1.82, 2.24) is 9.78 Å². The fourth-order valence-electron chi connectivity index (χ4n) is 1.79. The fourth-order valence-corrected chi connectivity index (χ4v) is 2.39. The van der Waals surface area contributed by atoms with E-state index in [1.165, 1.54) is 18.9 Å². The van der Waals surface area contributed by atoms with Gasteiger partial charge in [-0.05, 0) is 22.0 Å². The van der Waals surface area contributed by atoms with Crippen LogP contribution in [0.2, 0.25) is 0 Å². The van der Waals surface area contributed by atoms with Gasteiger partial charge in [0.15, 0.2) is 11.5 Å². The Balaban J connectivity index is 2.70. The first-order valence-electron chi connectivity index (χ1n) is 5.43. The summed E-state index contributed by atoms with van der Waals surface area (Å²) in [5.41, 5.74) is 6.80. The lowest BCUT2D eigenvalue weighted by Gasteiger charge is -2.13. The molecule has 0 spiro atoms. The van der Waals surface area contributed by atoms with Crippen LogP contribution >= 0.6 is 15.9 Å². The molecule has 1 aromatic heterocycles. The van der Waals surface area contributed by atoms with Crippen molar-refractivity contribution in [3.63, 3.8) is 0 Å². The number of methoxy groups -OCH3 is 2. The lowest BCUT2D eigenvalue weighted by atomic mass is 10.1. The van der Waals surface area contributed by atoms with Crippen molar-refractivity contribution in [2.45, 2.75) is 0 Å². The van der Waals surface area contributed by atoms with Crippen LogP contribution in [0.5, 0.6) is 17.2 Å². The first-order chi connectivity index (χ1) is 8.99. The van der Waals surface area contributed by atoms with Crippen LogP contribution in [0.3, 0.4) is 0 Å². The van der Waals surface area contributed by atoms with E-state index in [-0.39, 0.29) is 11.5 Å². The maximum Gasteiger partial charge on any atom is 0.203 e. The topological polar surface area (TPSA) is 82.5 Å². The summed E-state index contributed by atoms with van der Waals surface area (Å²) in [5.74, 6) is 1.13. The molecule has 0 aliphatic rings. The lowest BCUT2D eigenvalue weighted by Crippen LogP contribution is -1.97. The Morgan fingerprint density at radius 3 is 2.47 bits per heavy atom. The smallest absolute Gasteiger partial charge is 0.203 e. The van der Waals surface area contributed by atoms with E-state index < -0.39 is 0 Å². The maximum absolute atomic E-state index is 10.3. The molecule has 0 saturated heterocycles. The van der Waals surface area contributed by atoms with E-state index >= 15 is 0 Å². The molecule has 3 N–H and O–H groups in total. The molecular weight excluding hydrogens is 314 g/mol. The largest absolute Gasteiger partial charge is 0.504 e. The summed E-state index contributed by atoms with van der Waals surface area (Å²) in [6, 6.07) is 3.38. The van der Waals surface area contributed by atoms with Gasteiger partial charge in [-0.15, -0.1) is 0 Å². The third-order valence-corrected chi connectivity index (χ3v) is 3.39. The zero-order chi connectivity index (χ0) is 14.2. The predicted octanol–water partition coefficient (Wildman–Crippen LogP) is 2.15. The Labute approximate surface area is 118 Å². The van der Waals surface area contributed by atoms with Crippen molar-refractivity contribution in [2.75, 3.05) is 20.0 Å². The molecule has 7 heteroatoms. The summed E-state index contributed by atoms with van der Waals surface area (Å²) in [6.07, 6.45) is 0. The highest BCUT2D eigenvalue weighted by Gasteiger charge is 2.21. The quantitative estimate of drug-likeness (QED) is 0.902. The Hall–Kier alpha value is -1.89. The summed E-state index contributed by atoms with van der Waals surface area (Å²) >= 11 is 3.39. The number of phenolic OH excluding ortho intramolecular Hbond substituents is 1. The minimum atomic E-state index is -0.0492. The lowest BCUT2D eigenvalue weighted by molar-refractivity contribution is 0.333. The molecule has 0 aliphatic carbocycles. The number of anilines is 1. The van der Waals surface area contributed by atoms with Crippen LogP contribution in [0.1, 0.15) is 0 Å². The van der Waals surface area contributed by atoms with Crippen LogP contribution in [0.15, 0.2) is 16.6 Å². The fraction of sp³-hybridized carbons (Fsp3) is 0.250. The van der Waals surface area contributed by atoms with E-state index in [2.05, 4.69) is 21.0 Å². The first-order valence-corrected chi connectivity index (χ1v) is 6.22. The Morgan fingerprint density at radius 1 is 1.32 bits per heavy atom. The van der Waals surface area contributed by atoms with Crippen LogP contribution in [0.4, 0.5) is 5.82 Å². The number of nitrogen functional groups attached to an aromatic ring is 1. The Morgan fingerprint density at radius 2 is 2.00 bits per heavy atom. The minimum Gasteiger partial charge on any atom is -0.504 e. The molecule has 2 aromatic rings. The number of aryl methyl sites for hydroxylation is 1. The van der Waals surface area contributed by atoms with E-state index in [4.69, 9.17) is 15.2 Å². The van der Waals surface area contributed by atoms with E-state index in [0.717, 1.165) is 0 Å².